The Morgan fingerprint density at radius 3 is 2.39 bits per heavy atom. The van der Waals surface area contributed by atoms with Gasteiger partial charge in [-0.1, -0.05) is 23.7 Å². The van der Waals surface area contributed by atoms with E-state index in [1.165, 1.54) is 5.56 Å². The predicted molar refractivity (Wildman–Crippen MR) is 124 cm³/mol. The van der Waals surface area contributed by atoms with E-state index in [4.69, 9.17) is 23.1 Å². The Kier molecular flexibility index (Phi) is 7.10. The number of amides is 1. The molecule has 166 valence electrons. The Morgan fingerprint density at radius 2 is 1.74 bits per heavy atom. The molecule has 3 heterocycles. The van der Waals surface area contributed by atoms with Crippen LogP contribution in [0.25, 0.3) is 0 Å². The molecule has 0 radical (unpaired) electrons. The Labute approximate surface area is 189 Å². The molecule has 0 bridgehead atoms. The third kappa shape index (κ3) is 5.56. The number of nitrogens with zero attached hydrogens (tertiary/aromatic N) is 3. The van der Waals surface area contributed by atoms with Gasteiger partial charge in [-0.25, -0.2) is 4.98 Å². The van der Waals surface area contributed by atoms with E-state index in [0.717, 1.165) is 69.0 Å². The average molecular weight is 442 g/mol. The van der Waals surface area contributed by atoms with Crippen molar-refractivity contribution in [1.82, 2.24) is 14.8 Å². The monoisotopic (exact) mass is 441 g/mol. The number of rotatable bonds is 5. The van der Waals surface area contributed by atoms with Gasteiger partial charge in [0.2, 0.25) is 5.91 Å². The SMILES string of the molecule is Nc1cc(CN2CCC(C(=O)N3CCC(C(N)c4ccc(Cl)cc4)CC3)CC2)ccn1. The van der Waals surface area contributed by atoms with E-state index in [1.807, 2.05) is 36.4 Å². The standard InChI is InChI=1S/C24H32ClN5O/c25-21-3-1-18(2-4-21)23(27)19-8-13-30(14-9-19)24(31)20-6-11-29(12-7-20)16-17-5-10-28-22(26)15-17/h1-5,10,15,19-20,23H,6-9,11-14,16,27H2,(H2,26,28). The van der Waals surface area contributed by atoms with Gasteiger partial charge in [0.25, 0.3) is 0 Å². The zero-order valence-corrected chi connectivity index (χ0v) is 18.7. The van der Waals surface area contributed by atoms with Crippen LogP contribution in [0.4, 0.5) is 5.82 Å². The Bertz CT molecular complexity index is 874. The first-order valence-corrected chi connectivity index (χ1v) is 11.6. The van der Waals surface area contributed by atoms with E-state index < -0.39 is 0 Å². The number of hydrogen-bond acceptors (Lipinski definition) is 5. The van der Waals surface area contributed by atoms with Crippen LogP contribution in [-0.2, 0) is 11.3 Å². The van der Waals surface area contributed by atoms with Crippen LogP contribution in [-0.4, -0.2) is 46.9 Å². The fourth-order valence-corrected chi connectivity index (χ4v) is 5.01. The van der Waals surface area contributed by atoms with Crippen molar-refractivity contribution in [3.05, 3.63) is 58.7 Å². The highest BCUT2D eigenvalue weighted by Crippen LogP contribution is 2.31. The minimum Gasteiger partial charge on any atom is -0.384 e. The van der Waals surface area contributed by atoms with Crippen LogP contribution in [0.15, 0.2) is 42.6 Å². The molecule has 1 amide bonds. The van der Waals surface area contributed by atoms with Crippen LogP contribution in [0.1, 0.15) is 42.9 Å². The number of anilines is 1. The molecule has 31 heavy (non-hydrogen) atoms. The Balaban J connectivity index is 1.23. The maximum absolute atomic E-state index is 13.1. The van der Waals surface area contributed by atoms with Gasteiger partial charge in [0, 0.05) is 42.8 Å². The lowest BCUT2D eigenvalue weighted by Crippen LogP contribution is -2.46. The summed E-state index contributed by atoms with van der Waals surface area (Å²) in [6.45, 7) is 4.36. The average Bonchev–Trinajstić information content (AvgIpc) is 2.79. The van der Waals surface area contributed by atoms with Gasteiger partial charge >= 0.3 is 0 Å². The highest BCUT2D eigenvalue weighted by atomic mass is 35.5. The van der Waals surface area contributed by atoms with E-state index in [1.54, 1.807) is 6.20 Å². The van der Waals surface area contributed by atoms with E-state index in [9.17, 15) is 4.79 Å². The third-order valence-electron chi connectivity index (χ3n) is 6.80. The van der Waals surface area contributed by atoms with Gasteiger partial charge in [0.15, 0.2) is 0 Å². The molecular formula is C24H32ClN5O. The maximum atomic E-state index is 13.1. The van der Waals surface area contributed by atoms with E-state index >= 15 is 0 Å². The smallest absolute Gasteiger partial charge is 0.225 e. The van der Waals surface area contributed by atoms with Crippen molar-refractivity contribution in [3.63, 3.8) is 0 Å². The number of carbonyl (C=O) groups excluding carboxylic acids is 1. The van der Waals surface area contributed by atoms with E-state index in [-0.39, 0.29) is 12.0 Å². The second-order valence-corrected chi connectivity index (χ2v) is 9.32. The van der Waals surface area contributed by atoms with Crippen LogP contribution < -0.4 is 11.5 Å². The summed E-state index contributed by atoms with van der Waals surface area (Å²) in [5.41, 5.74) is 14.6. The molecule has 2 aromatic rings. The number of hydrogen-bond donors (Lipinski definition) is 2. The number of benzene rings is 1. The number of nitrogens with two attached hydrogens (primary N) is 2. The van der Waals surface area contributed by atoms with Crippen molar-refractivity contribution in [3.8, 4) is 0 Å². The molecule has 1 atom stereocenters. The third-order valence-corrected chi connectivity index (χ3v) is 7.05. The van der Waals surface area contributed by atoms with Crippen LogP contribution >= 0.6 is 11.6 Å². The number of piperidine rings is 2. The molecule has 4 rings (SSSR count). The number of halogens is 1. The molecule has 4 N–H and O–H groups in total. The van der Waals surface area contributed by atoms with Crippen molar-refractivity contribution in [2.24, 2.45) is 17.6 Å². The first-order chi connectivity index (χ1) is 15.0. The van der Waals surface area contributed by atoms with Crippen molar-refractivity contribution < 1.29 is 4.79 Å². The minimum atomic E-state index is -0.0000178. The molecule has 2 fully saturated rings. The van der Waals surface area contributed by atoms with Crippen molar-refractivity contribution in [2.75, 3.05) is 31.9 Å². The molecular weight excluding hydrogens is 410 g/mol. The number of carbonyl (C=O) groups is 1. The number of nitrogen functional groups attached to an aromatic ring is 1. The zero-order valence-electron chi connectivity index (χ0n) is 17.9. The molecule has 0 spiro atoms. The molecule has 2 saturated heterocycles. The molecule has 2 aliphatic heterocycles. The largest absolute Gasteiger partial charge is 0.384 e. The molecule has 0 saturated carbocycles. The summed E-state index contributed by atoms with van der Waals surface area (Å²) in [7, 11) is 0. The van der Waals surface area contributed by atoms with Gasteiger partial charge in [-0.05, 0) is 80.1 Å². The lowest BCUT2D eigenvalue weighted by Gasteiger charge is -2.38. The van der Waals surface area contributed by atoms with Crippen LogP contribution in [0.5, 0.6) is 0 Å². The van der Waals surface area contributed by atoms with Gasteiger partial charge in [-0.3, -0.25) is 9.69 Å². The van der Waals surface area contributed by atoms with E-state index in [2.05, 4.69) is 14.8 Å². The van der Waals surface area contributed by atoms with Crippen LogP contribution in [0.2, 0.25) is 5.02 Å². The highest BCUT2D eigenvalue weighted by molar-refractivity contribution is 6.30. The summed E-state index contributed by atoms with van der Waals surface area (Å²) in [5.74, 6) is 1.42. The van der Waals surface area contributed by atoms with Crippen LogP contribution in [0.3, 0.4) is 0 Å². The number of pyridine rings is 1. The molecule has 2 aliphatic rings. The lowest BCUT2D eigenvalue weighted by molar-refractivity contribution is -0.138. The first kappa shape index (κ1) is 22.1. The number of aromatic nitrogens is 1. The molecule has 1 aromatic carbocycles. The fraction of sp³-hybridized carbons (Fsp3) is 0.500. The summed E-state index contributed by atoms with van der Waals surface area (Å²) >= 11 is 5.99. The fourth-order valence-electron chi connectivity index (χ4n) is 4.88. The summed E-state index contributed by atoms with van der Waals surface area (Å²) < 4.78 is 0. The summed E-state index contributed by atoms with van der Waals surface area (Å²) in [6, 6.07) is 11.7. The number of likely N-dealkylation sites (tertiary alicyclic amines) is 2. The van der Waals surface area contributed by atoms with Crippen molar-refractivity contribution in [2.45, 2.75) is 38.3 Å². The van der Waals surface area contributed by atoms with Crippen molar-refractivity contribution >= 4 is 23.3 Å². The van der Waals surface area contributed by atoms with Gasteiger partial charge in [-0.2, -0.15) is 0 Å². The lowest BCUT2D eigenvalue weighted by atomic mass is 9.85. The first-order valence-electron chi connectivity index (χ1n) is 11.2. The Morgan fingerprint density at radius 1 is 1.06 bits per heavy atom. The molecule has 6 nitrogen and oxygen atoms in total. The van der Waals surface area contributed by atoms with Gasteiger partial charge in [-0.15, -0.1) is 0 Å². The summed E-state index contributed by atoms with van der Waals surface area (Å²) in [4.78, 5) is 21.6. The van der Waals surface area contributed by atoms with Gasteiger partial charge < -0.3 is 16.4 Å². The Hall–Kier alpha value is -2.15. The zero-order chi connectivity index (χ0) is 21.8. The molecule has 0 aliphatic carbocycles. The second-order valence-electron chi connectivity index (χ2n) is 8.88. The molecule has 7 heteroatoms. The van der Waals surface area contributed by atoms with Gasteiger partial charge in [0.05, 0.1) is 0 Å². The second kappa shape index (κ2) is 9.98. The van der Waals surface area contributed by atoms with Gasteiger partial charge in [0.1, 0.15) is 5.82 Å². The highest BCUT2D eigenvalue weighted by Gasteiger charge is 2.32. The molecule has 1 aromatic heterocycles. The molecule has 1 unspecified atom stereocenters. The topological polar surface area (TPSA) is 88.5 Å². The van der Waals surface area contributed by atoms with E-state index in [0.29, 0.717) is 17.6 Å². The normalized spacial score (nSPS) is 20.0. The summed E-state index contributed by atoms with van der Waals surface area (Å²) in [5, 5.41) is 0.729. The van der Waals surface area contributed by atoms with Crippen molar-refractivity contribution in [1.29, 1.82) is 0 Å². The quantitative estimate of drug-likeness (QED) is 0.741. The minimum absolute atomic E-state index is 0.0000178. The summed E-state index contributed by atoms with van der Waals surface area (Å²) in [6.07, 6.45) is 5.51. The van der Waals surface area contributed by atoms with Crippen LogP contribution in [0, 0.1) is 11.8 Å². The maximum Gasteiger partial charge on any atom is 0.225 e. The predicted octanol–water partition coefficient (Wildman–Crippen LogP) is 3.47.